The van der Waals surface area contributed by atoms with E-state index < -0.39 is 20.1 Å². The quantitative estimate of drug-likeness (QED) is 0.243. The molecule has 8 heteroatoms. The van der Waals surface area contributed by atoms with Gasteiger partial charge in [-0.2, -0.15) is 13.2 Å². The Hall–Kier alpha value is -1.50. The van der Waals surface area contributed by atoms with Gasteiger partial charge in [-0.3, -0.25) is 0 Å². The molecular weight excluding hydrogens is 276 g/mol. The second-order valence-electron chi connectivity index (χ2n) is 3.94. The van der Waals surface area contributed by atoms with Crippen LogP contribution in [0.4, 0.5) is 0 Å². The molecule has 6 nitrogen and oxygen atoms in total. The van der Waals surface area contributed by atoms with Crippen molar-refractivity contribution in [1.29, 1.82) is 0 Å². The summed E-state index contributed by atoms with van der Waals surface area (Å²) in [6.45, 7) is 4.94. The minimum atomic E-state index is -3.94. The molecule has 98 valence electrons. The van der Waals surface area contributed by atoms with Crippen LogP contribution in [0.25, 0.3) is 5.53 Å². The number of hydrogen-bond acceptors (Lipinski definition) is 4. The van der Waals surface area contributed by atoms with Crippen molar-refractivity contribution >= 4 is 30.5 Å². The maximum Gasteiger partial charge on any atom is 0.374 e. The molecule has 1 aliphatic rings. The van der Waals surface area contributed by atoms with Crippen molar-refractivity contribution in [1.82, 2.24) is 0 Å². The molecule has 0 radical (unpaired) electrons. The van der Waals surface area contributed by atoms with Crippen molar-refractivity contribution in [3.05, 3.63) is 27.7 Å². The lowest BCUT2D eigenvalue weighted by molar-refractivity contribution is 0.00761. The summed E-state index contributed by atoms with van der Waals surface area (Å²) in [4.78, 5) is 2.34. The molecule has 0 saturated heterocycles. The molecule has 1 rings (SSSR count). The summed E-state index contributed by atoms with van der Waals surface area (Å²) < 4.78 is 45.7. The topological polar surface area (TPSA) is 105 Å². The first-order chi connectivity index (χ1) is 8.22. The Morgan fingerprint density at radius 2 is 1.94 bits per heavy atom. The Balaban J connectivity index is 3.69. The highest BCUT2D eigenvalue weighted by atomic mass is 32.2. The van der Waals surface area contributed by atoms with Crippen molar-refractivity contribution in [2.24, 2.45) is 5.92 Å². The van der Waals surface area contributed by atoms with E-state index in [0.29, 0.717) is 16.7 Å². The van der Waals surface area contributed by atoms with Gasteiger partial charge in [-0.15, -0.1) is 0 Å². The maximum atomic E-state index is 11.8. The molecule has 1 aliphatic carbocycles. The van der Waals surface area contributed by atoms with Gasteiger partial charge < -0.3 is 5.53 Å². The van der Waals surface area contributed by atoms with Crippen LogP contribution in [0.2, 0.25) is 0 Å². The van der Waals surface area contributed by atoms with Gasteiger partial charge in [0, 0.05) is 5.92 Å². The Bertz CT molecular complexity index is 725. The van der Waals surface area contributed by atoms with Gasteiger partial charge in [0.1, 0.15) is 0 Å². The normalized spacial score (nSPS) is 20.3. The van der Waals surface area contributed by atoms with Gasteiger partial charge in [0.05, 0.1) is 9.77 Å². The summed E-state index contributed by atoms with van der Waals surface area (Å²) in [7, 11) is -6.43. The van der Waals surface area contributed by atoms with Gasteiger partial charge in [0.15, 0.2) is 0 Å². The Morgan fingerprint density at radius 3 is 2.39 bits per heavy atom. The number of sulfone groups is 1. The van der Waals surface area contributed by atoms with Crippen molar-refractivity contribution in [3.63, 3.8) is 0 Å². The second-order valence-corrected chi connectivity index (χ2v) is 6.62. The van der Waals surface area contributed by atoms with Crippen LogP contribution in [0.15, 0.2) is 22.1 Å². The number of rotatable bonds is 2. The third kappa shape index (κ3) is 2.50. The summed E-state index contributed by atoms with van der Waals surface area (Å²) in [5, 5.41) is 0. The maximum absolute atomic E-state index is 11.8. The third-order valence-electron chi connectivity index (χ3n) is 3.00. The molecule has 0 N–H and O–H groups in total. The van der Waals surface area contributed by atoms with E-state index in [9.17, 15) is 16.8 Å². The summed E-state index contributed by atoms with van der Waals surface area (Å²) in [5.74, 6) is -0.367. The molecule has 0 aromatic heterocycles. The summed E-state index contributed by atoms with van der Waals surface area (Å²) >= 11 is 0. The molecule has 0 aromatic carbocycles. The average molecular weight is 288 g/mol. The molecule has 0 spiro atoms. The van der Waals surface area contributed by atoms with E-state index >= 15 is 0 Å². The molecule has 18 heavy (non-hydrogen) atoms. The molecule has 1 atom stereocenters. The zero-order valence-electron chi connectivity index (χ0n) is 10.1. The molecule has 0 bridgehead atoms. The highest BCUT2D eigenvalue weighted by Gasteiger charge is 2.30. The van der Waals surface area contributed by atoms with Gasteiger partial charge in [-0.1, -0.05) is 12.5 Å². The molecule has 0 fully saturated rings. The van der Waals surface area contributed by atoms with Crippen LogP contribution in [-0.2, 0) is 20.1 Å². The molecule has 1 unspecified atom stereocenters. The average Bonchev–Trinajstić information content (AvgIpc) is 2.25. The lowest BCUT2D eigenvalue weighted by Gasteiger charge is -2.20. The largest absolute Gasteiger partial charge is 0.374 e. The van der Waals surface area contributed by atoms with Gasteiger partial charge in [0.2, 0.25) is 10.3 Å². The van der Waals surface area contributed by atoms with E-state index in [1.807, 2.05) is 0 Å². The number of nitrogens with zero attached hydrogens (tertiary/aromatic N) is 2. The van der Waals surface area contributed by atoms with Gasteiger partial charge >= 0.3 is 5.55 Å². The molecule has 0 heterocycles. The minimum Gasteiger partial charge on any atom is -0.361 e. The first-order valence-electron chi connectivity index (χ1n) is 5.00. The molecular formula is C10H12N2O4S2. The van der Waals surface area contributed by atoms with Crippen LogP contribution in [0.3, 0.4) is 0 Å². The van der Waals surface area contributed by atoms with E-state index in [1.165, 1.54) is 0 Å². The SMILES string of the molecule is CC1=C(C)C(C)C(=S(=O)=O)C=C1S(=O)(=O)C=[N+]=[N-]. The molecule has 0 aromatic rings. The Morgan fingerprint density at radius 1 is 1.39 bits per heavy atom. The zero-order valence-corrected chi connectivity index (χ0v) is 11.7. The van der Waals surface area contributed by atoms with E-state index in [0.717, 1.165) is 6.08 Å². The summed E-state index contributed by atoms with van der Waals surface area (Å²) in [6, 6.07) is 0. The first-order valence-corrected chi connectivity index (χ1v) is 7.62. The van der Waals surface area contributed by atoms with Crippen molar-refractivity contribution < 1.29 is 21.6 Å². The zero-order chi connectivity index (χ0) is 14.1. The van der Waals surface area contributed by atoms with Gasteiger partial charge in [0.25, 0.3) is 9.84 Å². The molecule has 0 saturated carbocycles. The van der Waals surface area contributed by atoms with E-state index in [1.54, 1.807) is 20.8 Å². The molecule has 0 aliphatic heterocycles. The van der Waals surface area contributed by atoms with Crippen LogP contribution in [0, 0.1) is 5.92 Å². The first kappa shape index (κ1) is 14.6. The van der Waals surface area contributed by atoms with Crippen molar-refractivity contribution in [3.8, 4) is 0 Å². The van der Waals surface area contributed by atoms with Crippen LogP contribution < -0.4 is 0 Å². The van der Waals surface area contributed by atoms with Crippen LogP contribution >= 0.6 is 0 Å². The fourth-order valence-corrected chi connectivity index (χ4v) is 3.57. The summed E-state index contributed by atoms with van der Waals surface area (Å²) in [6.07, 6.45) is 1.10. The molecule has 0 amide bonds. The Kier molecular flexibility index (Phi) is 4.05. The predicted octanol–water partition coefficient (Wildman–Crippen LogP) is 0.581. The smallest absolute Gasteiger partial charge is 0.361 e. The van der Waals surface area contributed by atoms with Gasteiger partial charge in [-0.05, 0) is 25.5 Å². The monoisotopic (exact) mass is 288 g/mol. The van der Waals surface area contributed by atoms with E-state index in [4.69, 9.17) is 5.53 Å². The van der Waals surface area contributed by atoms with Crippen LogP contribution in [-0.4, -0.2) is 32.0 Å². The highest BCUT2D eigenvalue weighted by molar-refractivity contribution is 8.07. The standard InChI is InChI=1S/C10H12N2O4S2/c1-6-7(2)9(17(13)14)4-10(8(6)3)18(15,16)5-12-11/h4-5,7H,1-3H3. The predicted molar refractivity (Wildman–Crippen MR) is 68.2 cm³/mol. The third-order valence-corrected chi connectivity index (χ3v) is 5.26. The van der Waals surface area contributed by atoms with Crippen molar-refractivity contribution in [2.45, 2.75) is 20.8 Å². The number of hydrogen-bond donors (Lipinski definition) is 0. The minimum absolute atomic E-state index is 0.00279. The fraction of sp³-hybridized carbons (Fsp3) is 0.400. The van der Waals surface area contributed by atoms with Crippen molar-refractivity contribution in [2.75, 3.05) is 0 Å². The lowest BCUT2D eigenvalue weighted by atomic mass is 9.90. The van der Waals surface area contributed by atoms with Crippen LogP contribution in [0.1, 0.15) is 20.8 Å². The number of allylic oxidation sites excluding steroid dienone is 3. The fourth-order valence-electron chi connectivity index (χ4n) is 1.70. The highest BCUT2D eigenvalue weighted by Crippen LogP contribution is 2.30. The van der Waals surface area contributed by atoms with Crippen LogP contribution in [0.5, 0.6) is 0 Å². The lowest BCUT2D eigenvalue weighted by Crippen LogP contribution is -2.21. The Labute approximate surface area is 107 Å². The van der Waals surface area contributed by atoms with E-state index in [-0.39, 0.29) is 15.7 Å². The van der Waals surface area contributed by atoms with E-state index in [2.05, 4.69) is 4.79 Å². The van der Waals surface area contributed by atoms with Gasteiger partial charge in [-0.25, -0.2) is 8.42 Å². The summed E-state index contributed by atoms with van der Waals surface area (Å²) in [5.41, 5.74) is 9.84. The second kappa shape index (κ2) is 5.01.